The summed E-state index contributed by atoms with van der Waals surface area (Å²) in [6, 6.07) is 27.8. The zero-order valence-electron chi connectivity index (χ0n) is 13.3. The summed E-state index contributed by atoms with van der Waals surface area (Å²) in [4.78, 5) is 5.98. The molecule has 0 N–H and O–H groups in total. The minimum atomic E-state index is 0.637. The highest BCUT2D eigenvalue weighted by atomic mass is 32.2. The number of aliphatic imine (C=N–C) groups is 1. The predicted octanol–water partition coefficient (Wildman–Crippen LogP) is 5.63. The van der Waals surface area contributed by atoms with Gasteiger partial charge in [-0.2, -0.15) is 5.26 Å². The maximum absolute atomic E-state index is 8.93. The third-order valence-electron chi connectivity index (χ3n) is 3.85. The van der Waals surface area contributed by atoms with Gasteiger partial charge in [-0.1, -0.05) is 60.3 Å². The fourth-order valence-corrected chi connectivity index (χ4v) is 3.67. The van der Waals surface area contributed by atoms with Crippen molar-refractivity contribution in [1.82, 2.24) is 0 Å². The Morgan fingerprint density at radius 3 is 2.24 bits per heavy atom. The van der Waals surface area contributed by atoms with Crippen molar-refractivity contribution < 1.29 is 0 Å². The Labute approximate surface area is 151 Å². The third-order valence-corrected chi connectivity index (χ3v) is 4.91. The summed E-state index contributed by atoms with van der Waals surface area (Å²) in [5, 5.41) is 9.86. The third kappa shape index (κ3) is 3.26. The zero-order valence-corrected chi connectivity index (χ0v) is 14.1. The molecule has 0 saturated carbocycles. The summed E-state index contributed by atoms with van der Waals surface area (Å²) in [6.07, 6.45) is 3.50. The predicted molar refractivity (Wildman–Crippen MR) is 103 cm³/mol. The first kappa shape index (κ1) is 15.4. The SMILES string of the molecule is N#Cc1ccc(N=C2Sc3ccccc3C2=[C]c2ccccc2)cc1. The van der Waals surface area contributed by atoms with Crippen LogP contribution in [-0.2, 0) is 0 Å². The number of rotatable bonds is 2. The molecule has 0 bridgehead atoms. The van der Waals surface area contributed by atoms with Crippen LogP contribution >= 0.6 is 11.8 Å². The van der Waals surface area contributed by atoms with Crippen LogP contribution in [0.2, 0.25) is 0 Å². The van der Waals surface area contributed by atoms with E-state index in [2.05, 4.69) is 24.3 Å². The smallest absolute Gasteiger partial charge is 0.110 e. The van der Waals surface area contributed by atoms with Crippen molar-refractivity contribution in [3.63, 3.8) is 0 Å². The second-order valence-corrected chi connectivity index (χ2v) is 6.57. The van der Waals surface area contributed by atoms with Crippen LogP contribution in [0.15, 0.2) is 88.8 Å². The number of thioether (sulfide) groups is 1. The highest BCUT2D eigenvalue weighted by Crippen LogP contribution is 2.42. The van der Waals surface area contributed by atoms with Crippen LogP contribution in [0.4, 0.5) is 5.69 Å². The first-order valence-electron chi connectivity index (χ1n) is 7.89. The first-order chi connectivity index (χ1) is 12.3. The van der Waals surface area contributed by atoms with E-state index in [1.807, 2.05) is 54.6 Å². The molecule has 1 radical (unpaired) electrons. The lowest BCUT2D eigenvalue weighted by Gasteiger charge is -2.02. The molecule has 1 aliphatic rings. The Bertz CT molecular complexity index is 1010. The Morgan fingerprint density at radius 1 is 0.760 bits per heavy atom. The number of benzene rings is 3. The van der Waals surface area contributed by atoms with Crippen molar-refractivity contribution in [1.29, 1.82) is 5.26 Å². The molecule has 1 heterocycles. The average Bonchev–Trinajstić information content (AvgIpc) is 3.00. The van der Waals surface area contributed by atoms with E-state index in [4.69, 9.17) is 10.3 Å². The van der Waals surface area contributed by atoms with Gasteiger partial charge in [-0.25, -0.2) is 4.99 Å². The van der Waals surface area contributed by atoms with Crippen LogP contribution in [0.3, 0.4) is 0 Å². The molecular formula is C22H13N2S. The van der Waals surface area contributed by atoms with Gasteiger partial charge in [0.1, 0.15) is 5.04 Å². The number of hydrogen-bond donors (Lipinski definition) is 0. The van der Waals surface area contributed by atoms with Gasteiger partial charge in [0, 0.05) is 16.5 Å². The van der Waals surface area contributed by atoms with E-state index in [-0.39, 0.29) is 0 Å². The van der Waals surface area contributed by atoms with Gasteiger partial charge in [0.15, 0.2) is 0 Å². The van der Waals surface area contributed by atoms with E-state index in [1.165, 1.54) is 4.90 Å². The Morgan fingerprint density at radius 2 is 1.48 bits per heavy atom. The topological polar surface area (TPSA) is 36.1 Å². The largest absolute Gasteiger partial charge is 0.241 e. The second-order valence-electron chi connectivity index (χ2n) is 5.54. The standard InChI is InChI=1S/C22H13N2S/c23-15-17-10-12-18(13-11-17)24-22-20(14-16-6-2-1-3-7-16)19-8-4-5-9-21(19)25-22/h1-13H. The summed E-state index contributed by atoms with van der Waals surface area (Å²) in [6.45, 7) is 0. The summed E-state index contributed by atoms with van der Waals surface area (Å²) in [5.74, 6) is 0. The van der Waals surface area contributed by atoms with E-state index in [1.54, 1.807) is 23.9 Å². The van der Waals surface area contributed by atoms with Crippen LogP contribution in [0.5, 0.6) is 0 Å². The fourth-order valence-electron chi connectivity index (χ4n) is 2.63. The van der Waals surface area contributed by atoms with Crippen molar-refractivity contribution in [3.8, 4) is 6.07 Å². The van der Waals surface area contributed by atoms with Crippen LogP contribution in [0.25, 0.3) is 5.57 Å². The molecule has 0 fully saturated rings. The second kappa shape index (κ2) is 6.80. The quantitative estimate of drug-likeness (QED) is 0.607. The number of hydrogen-bond acceptors (Lipinski definition) is 3. The van der Waals surface area contributed by atoms with E-state index < -0.39 is 0 Å². The van der Waals surface area contributed by atoms with E-state index in [0.29, 0.717) is 5.56 Å². The summed E-state index contributed by atoms with van der Waals surface area (Å²) in [7, 11) is 0. The molecule has 3 heteroatoms. The zero-order chi connectivity index (χ0) is 17.1. The van der Waals surface area contributed by atoms with Crippen molar-refractivity contribution in [3.05, 3.63) is 102 Å². The van der Waals surface area contributed by atoms with Gasteiger partial charge in [-0.15, -0.1) is 0 Å². The summed E-state index contributed by atoms with van der Waals surface area (Å²) >= 11 is 1.65. The molecule has 25 heavy (non-hydrogen) atoms. The molecule has 0 amide bonds. The van der Waals surface area contributed by atoms with E-state index in [9.17, 15) is 0 Å². The lowest BCUT2D eigenvalue weighted by Crippen LogP contribution is -1.91. The molecule has 0 aliphatic carbocycles. The molecule has 0 aromatic heterocycles. The molecule has 0 unspecified atom stereocenters. The van der Waals surface area contributed by atoms with Crippen molar-refractivity contribution in [2.24, 2.45) is 4.99 Å². The van der Waals surface area contributed by atoms with E-state index >= 15 is 0 Å². The van der Waals surface area contributed by atoms with Crippen LogP contribution in [0, 0.1) is 17.4 Å². The van der Waals surface area contributed by atoms with Gasteiger partial charge in [-0.05, 0) is 41.5 Å². The van der Waals surface area contributed by atoms with Crippen molar-refractivity contribution in [2.45, 2.75) is 4.90 Å². The van der Waals surface area contributed by atoms with Gasteiger partial charge in [0.2, 0.25) is 0 Å². The Kier molecular flexibility index (Phi) is 4.20. The normalized spacial score (nSPS) is 16.0. The van der Waals surface area contributed by atoms with Gasteiger partial charge >= 0.3 is 0 Å². The molecule has 0 atom stereocenters. The lowest BCUT2D eigenvalue weighted by atomic mass is 10.0. The summed E-state index contributed by atoms with van der Waals surface area (Å²) in [5.41, 5.74) is 4.67. The minimum Gasteiger partial charge on any atom is -0.241 e. The monoisotopic (exact) mass is 337 g/mol. The van der Waals surface area contributed by atoms with Gasteiger partial charge in [-0.3, -0.25) is 0 Å². The number of nitrogens with zero attached hydrogens (tertiary/aromatic N) is 2. The van der Waals surface area contributed by atoms with Crippen molar-refractivity contribution >= 4 is 28.1 Å². The maximum Gasteiger partial charge on any atom is 0.110 e. The molecule has 1 aliphatic heterocycles. The molecule has 117 valence electrons. The molecule has 4 rings (SSSR count). The van der Waals surface area contributed by atoms with Crippen LogP contribution in [0.1, 0.15) is 16.7 Å². The fraction of sp³-hybridized carbons (Fsp3) is 0. The van der Waals surface area contributed by atoms with Gasteiger partial charge in [0.25, 0.3) is 0 Å². The van der Waals surface area contributed by atoms with Crippen molar-refractivity contribution in [2.75, 3.05) is 0 Å². The highest BCUT2D eigenvalue weighted by Gasteiger charge is 2.23. The van der Waals surface area contributed by atoms with Crippen LogP contribution in [-0.4, -0.2) is 5.04 Å². The molecule has 0 spiro atoms. The number of nitriles is 1. The average molecular weight is 337 g/mol. The lowest BCUT2D eigenvalue weighted by molar-refractivity contribution is 1.42. The molecular weight excluding hydrogens is 324 g/mol. The molecule has 3 aromatic carbocycles. The Balaban J connectivity index is 1.80. The summed E-state index contributed by atoms with van der Waals surface area (Å²) < 4.78 is 0. The molecule has 0 saturated heterocycles. The highest BCUT2D eigenvalue weighted by molar-refractivity contribution is 8.15. The van der Waals surface area contributed by atoms with Crippen LogP contribution < -0.4 is 0 Å². The first-order valence-corrected chi connectivity index (χ1v) is 8.70. The number of fused-ring (bicyclic) bond motifs is 1. The van der Waals surface area contributed by atoms with Gasteiger partial charge < -0.3 is 0 Å². The Hall–Kier alpha value is -3.09. The molecule has 3 aromatic rings. The van der Waals surface area contributed by atoms with Gasteiger partial charge in [0.05, 0.1) is 17.3 Å². The maximum atomic E-state index is 8.93. The van der Waals surface area contributed by atoms with E-state index in [0.717, 1.165) is 27.4 Å². The molecule has 2 nitrogen and oxygen atoms in total. The minimum absolute atomic E-state index is 0.637.